The van der Waals surface area contributed by atoms with E-state index in [2.05, 4.69) is 14.7 Å². The molecule has 0 unspecified atom stereocenters. The minimum absolute atomic E-state index is 0.0544. The van der Waals surface area contributed by atoms with Crippen LogP contribution in [0.1, 0.15) is 5.56 Å². The van der Waals surface area contributed by atoms with Gasteiger partial charge in [-0.25, -0.2) is 27.9 Å². The molecule has 1 atom stereocenters. The number of aliphatic carboxylic acids is 1. The van der Waals surface area contributed by atoms with E-state index in [1.165, 1.54) is 29.3 Å². The van der Waals surface area contributed by atoms with Crippen molar-refractivity contribution in [1.82, 2.24) is 14.6 Å². The summed E-state index contributed by atoms with van der Waals surface area (Å²) in [7, 11) is -4.35. The zero-order valence-electron chi connectivity index (χ0n) is 22.4. The quantitative estimate of drug-likeness (QED) is 0.313. The van der Waals surface area contributed by atoms with Gasteiger partial charge in [-0.05, 0) is 41.3 Å². The van der Waals surface area contributed by atoms with Crippen LogP contribution in [0, 0.1) is 10.1 Å². The molecule has 5 rings (SSSR count). The van der Waals surface area contributed by atoms with E-state index in [1.54, 1.807) is 18.3 Å². The molecule has 43 heavy (non-hydrogen) atoms. The summed E-state index contributed by atoms with van der Waals surface area (Å²) in [6.45, 7) is -0.233. The van der Waals surface area contributed by atoms with Crippen LogP contribution in [0.4, 0.5) is 5.69 Å². The third-order valence-electron chi connectivity index (χ3n) is 6.39. The molecule has 3 aromatic rings. The Labute approximate surface area is 246 Å². The molecule has 13 nitrogen and oxygen atoms in total. The van der Waals surface area contributed by atoms with Gasteiger partial charge < -0.3 is 19.5 Å². The number of para-hydroxylation sites is 1. The molecule has 0 spiro atoms. The van der Waals surface area contributed by atoms with Gasteiger partial charge in [-0.2, -0.15) is 0 Å². The van der Waals surface area contributed by atoms with Crippen LogP contribution in [0.5, 0.6) is 5.88 Å². The van der Waals surface area contributed by atoms with Gasteiger partial charge in [-0.3, -0.25) is 10.1 Å². The monoisotopic (exact) mass is 603 g/mol. The van der Waals surface area contributed by atoms with E-state index in [0.29, 0.717) is 5.88 Å². The van der Waals surface area contributed by atoms with Crippen LogP contribution in [-0.2, 0) is 19.6 Å². The number of nitro groups is 1. The first-order chi connectivity index (χ1) is 20.7. The third-order valence-corrected chi connectivity index (χ3v) is 7.84. The summed E-state index contributed by atoms with van der Waals surface area (Å²) < 4.78 is 39.8. The number of nitrogens with zero attached hydrogens (tertiary/aromatic N) is 4. The Morgan fingerprint density at radius 3 is 2.84 bits per heavy atom. The maximum atomic E-state index is 13.0. The number of ether oxygens (including phenoxy) is 2. The number of carbonyl (C=O) groups is 1. The Hall–Kier alpha value is -5.34. The van der Waals surface area contributed by atoms with Crippen molar-refractivity contribution in [1.29, 1.82) is 0 Å². The maximum absolute atomic E-state index is 13.0. The van der Waals surface area contributed by atoms with Crippen molar-refractivity contribution in [3.63, 3.8) is 0 Å². The number of benzene rings is 2. The van der Waals surface area contributed by atoms with Crippen LogP contribution in [-0.4, -0.2) is 66.5 Å². The van der Waals surface area contributed by atoms with E-state index < -0.39 is 44.1 Å². The van der Waals surface area contributed by atoms with Gasteiger partial charge >= 0.3 is 5.97 Å². The topological polar surface area (TPSA) is 174 Å². The molecular formula is C29H25N5O8S. The lowest BCUT2D eigenvalue weighted by Crippen LogP contribution is -2.29. The number of aromatic nitrogens is 1. The normalized spacial score (nSPS) is 17.0. The minimum Gasteiger partial charge on any atom is -0.479 e. The molecule has 0 saturated heterocycles. The number of nitrogens with one attached hydrogen (secondary N) is 1. The average molecular weight is 604 g/mol. The highest BCUT2D eigenvalue weighted by Gasteiger charge is 2.30. The predicted octanol–water partition coefficient (Wildman–Crippen LogP) is 3.62. The molecule has 0 saturated carbocycles. The van der Waals surface area contributed by atoms with Crippen molar-refractivity contribution >= 4 is 44.9 Å². The Morgan fingerprint density at radius 2 is 2.02 bits per heavy atom. The molecule has 0 aliphatic carbocycles. The zero-order chi connectivity index (χ0) is 30.4. The summed E-state index contributed by atoms with van der Waals surface area (Å²) in [5.41, 5.74) is 0.258. The number of nitro benzene ring substituents is 1. The molecule has 4 bridgehead atoms. The molecule has 1 aromatic heterocycles. The Bertz CT molecular complexity index is 1830. The highest BCUT2D eigenvalue weighted by atomic mass is 32.2. The average Bonchev–Trinajstić information content (AvgIpc) is 3.39. The number of hydrogen-bond donors (Lipinski definition) is 2. The van der Waals surface area contributed by atoms with Crippen LogP contribution in [0.3, 0.4) is 0 Å². The molecule has 2 aromatic carbocycles. The van der Waals surface area contributed by atoms with Gasteiger partial charge in [-0.1, -0.05) is 42.5 Å². The molecule has 2 aliphatic heterocycles. The number of carboxylic acids is 1. The second-order valence-electron chi connectivity index (χ2n) is 9.29. The number of hydrogen-bond acceptors (Lipinski definition) is 10. The van der Waals surface area contributed by atoms with Crippen molar-refractivity contribution in [3.05, 3.63) is 112 Å². The fourth-order valence-corrected chi connectivity index (χ4v) is 5.56. The van der Waals surface area contributed by atoms with Crippen LogP contribution in [0.25, 0.3) is 16.8 Å². The standard InChI is InChI=1S/C29H25N5O8S/c35-29(36)26-15-23-18-33(26)17-22(16-32-43(39,40)27-8-4-3-7-25(27)34(37)38)31-19-41-13-5-1-2-6-20-9-10-21-11-12-30-28(42-23)24(21)14-20/h1-12,14-15,17,19,23,32H,13,16,18H2,(H,35,36)/t23-/m0/s1. The number of rotatable bonds is 6. The van der Waals surface area contributed by atoms with Crippen molar-refractivity contribution in [3.8, 4) is 5.88 Å². The lowest BCUT2D eigenvalue weighted by atomic mass is 10.1. The Kier molecular flexibility index (Phi) is 8.59. The Balaban J connectivity index is 1.47. The van der Waals surface area contributed by atoms with Gasteiger partial charge in [0.25, 0.3) is 5.69 Å². The van der Waals surface area contributed by atoms with Gasteiger partial charge in [0.15, 0.2) is 11.3 Å². The van der Waals surface area contributed by atoms with Gasteiger partial charge in [0.2, 0.25) is 15.9 Å². The van der Waals surface area contributed by atoms with Gasteiger partial charge in [0.1, 0.15) is 18.4 Å². The molecule has 220 valence electrons. The van der Waals surface area contributed by atoms with Gasteiger partial charge in [0.05, 0.1) is 23.7 Å². The first-order valence-corrected chi connectivity index (χ1v) is 14.4. The molecule has 2 aliphatic rings. The van der Waals surface area contributed by atoms with Crippen LogP contribution in [0.15, 0.2) is 107 Å². The molecule has 14 heteroatoms. The molecule has 0 fully saturated rings. The molecule has 0 radical (unpaired) electrons. The SMILES string of the molecule is O=C(O)C1=C[C@H]2CN1C=C(CNS(=O)(=O)c1ccccc1[N+](=O)[O-])N=COCC=CC=Cc1ccc3ccnc(c3c1)O2. The van der Waals surface area contributed by atoms with Crippen molar-refractivity contribution < 1.29 is 32.7 Å². The summed E-state index contributed by atoms with van der Waals surface area (Å²) in [4.78, 5) is 32.1. The lowest BCUT2D eigenvalue weighted by molar-refractivity contribution is -0.387. The molecule has 2 N–H and O–H groups in total. The highest BCUT2D eigenvalue weighted by Crippen LogP contribution is 2.29. The number of sulfonamides is 1. The molecule has 3 heterocycles. The second-order valence-corrected chi connectivity index (χ2v) is 11.0. The molecular weight excluding hydrogens is 578 g/mol. The maximum Gasteiger partial charge on any atom is 0.352 e. The summed E-state index contributed by atoms with van der Waals surface area (Å²) in [5.74, 6) is -0.915. The first-order valence-electron chi connectivity index (χ1n) is 12.9. The summed E-state index contributed by atoms with van der Waals surface area (Å²) in [5, 5.41) is 22.9. The number of aliphatic imine (C=N–C) groups is 1. The van der Waals surface area contributed by atoms with Gasteiger partial charge in [-0.15, -0.1) is 0 Å². The fourth-order valence-electron chi connectivity index (χ4n) is 4.40. The van der Waals surface area contributed by atoms with E-state index in [9.17, 15) is 28.4 Å². The predicted molar refractivity (Wildman–Crippen MR) is 158 cm³/mol. The number of carboxylic acid groups (broad SMARTS) is 1. The highest BCUT2D eigenvalue weighted by molar-refractivity contribution is 7.89. The fraction of sp³-hybridized carbons (Fsp3) is 0.138. The van der Waals surface area contributed by atoms with Crippen molar-refractivity contribution in [2.24, 2.45) is 4.99 Å². The second kappa shape index (κ2) is 12.7. The van der Waals surface area contributed by atoms with Gasteiger partial charge in [0, 0.05) is 23.8 Å². The van der Waals surface area contributed by atoms with E-state index in [4.69, 9.17) is 9.47 Å². The summed E-state index contributed by atoms with van der Waals surface area (Å²) in [6.07, 6.45) is 12.0. The summed E-state index contributed by atoms with van der Waals surface area (Å²) in [6, 6.07) is 12.6. The third kappa shape index (κ3) is 6.94. The minimum atomic E-state index is -4.35. The number of fused-ring (bicyclic) bond motifs is 3. The van der Waals surface area contributed by atoms with E-state index in [-0.39, 0.29) is 24.5 Å². The largest absolute Gasteiger partial charge is 0.479 e. The Morgan fingerprint density at radius 1 is 1.19 bits per heavy atom. The van der Waals surface area contributed by atoms with E-state index in [0.717, 1.165) is 34.9 Å². The van der Waals surface area contributed by atoms with Crippen molar-refractivity contribution in [2.45, 2.75) is 11.0 Å². The van der Waals surface area contributed by atoms with E-state index >= 15 is 0 Å². The first kappa shape index (κ1) is 29.2. The van der Waals surface area contributed by atoms with Crippen LogP contribution in [0.2, 0.25) is 0 Å². The number of pyridine rings is 1. The van der Waals surface area contributed by atoms with E-state index in [1.807, 2.05) is 36.4 Å². The summed E-state index contributed by atoms with van der Waals surface area (Å²) >= 11 is 0. The smallest absolute Gasteiger partial charge is 0.352 e. The lowest BCUT2D eigenvalue weighted by Gasteiger charge is -2.19. The van der Waals surface area contributed by atoms with Crippen LogP contribution >= 0.6 is 0 Å². The van der Waals surface area contributed by atoms with Crippen LogP contribution < -0.4 is 9.46 Å². The molecule has 0 amide bonds. The van der Waals surface area contributed by atoms with Crippen molar-refractivity contribution in [2.75, 3.05) is 19.7 Å². The number of allylic oxidation sites excluding steroid dienone is 2. The zero-order valence-corrected chi connectivity index (χ0v) is 23.3.